The lowest BCUT2D eigenvalue weighted by molar-refractivity contribution is -0.138. The largest absolute Gasteiger partial charge is 0.464 e. The Morgan fingerprint density at radius 1 is 0.643 bits per heavy atom. The van der Waals surface area contributed by atoms with Crippen molar-refractivity contribution in [2.75, 3.05) is 9.80 Å². The van der Waals surface area contributed by atoms with Crippen LogP contribution in [0.1, 0.15) is 31.9 Å². The number of hydrogen-bond acceptors (Lipinski definition) is 9. The maximum Gasteiger partial charge on any atom is 0.421 e. The molecule has 0 aliphatic heterocycles. The van der Waals surface area contributed by atoms with Crippen LogP contribution >= 0.6 is 22.7 Å². The van der Waals surface area contributed by atoms with E-state index in [4.69, 9.17) is 4.74 Å². The van der Waals surface area contributed by atoms with Crippen LogP contribution < -0.4 is 9.80 Å². The number of azo groups is 1. The molecule has 2 heterocycles. The lowest BCUT2D eigenvalue weighted by atomic mass is 10.1. The molecule has 288 valence electrons. The van der Waals surface area contributed by atoms with Gasteiger partial charge in [-0.05, 0) is 81.4 Å². The molecule has 4 aromatic carbocycles. The highest BCUT2D eigenvalue weighted by Gasteiger charge is 2.34. The first-order valence-corrected chi connectivity index (χ1v) is 18.1. The van der Waals surface area contributed by atoms with E-state index < -0.39 is 41.3 Å². The molecule has 56 heavy (non-hydrogen) atoms. The van der Waals surface area contributed by atoms with Gasteiger partial charge in [0.15, 0.2) is 10.3 Å². The van der Waals surface area contributed by atoms with E-state index in [9.17, 15) is 41.0 Å². The minimum Gasteiger partial charge on any atom is -0.464 e. The van der Waals surface area contributed by atoms with Crippen molar-refractivity contribution in [3.63, 3.8) is 0 Å². The van der Waals surface area contributed by atoms with Gasteiger partial charge in [-0.25, -0.2) is 29.4 Å². The first kappa shape index (κ1) is 39.6. The molecule has 0 radical (unpaired) electrons. The van der Waals surface area contributed by atoms with Crippen molar-refractivity contribution in [3.05, 3.63) is 119 Å². The summed E-state index contributed by atoms with van der Waals surface area (Å²) in [6, 6.07) is 21.7. The summed E-state index contributed by atoms with van der Waals surface area (Å²) in [6.45, 7) is 4.91. The fourth-order valence-corrected chi connectivity index (χ4v) is 6.80. The topological polar surface area (TPSA) is 121 Å². The fourth-order valence-electron chi connectivity index (χ4n) is 5.12. The van der Waals surface area contributed by atoms with Gasteiger partial charge in [-0.2, -0.15) is 36.6 Å². The third-order valence-corrected chi connectivity index (χ3v) is 9.21. The number of aromatic nitrogens is 2. The van der Waals surface area contributed by atoms with Gasteiger partial charge in [0, 0.05) is 21.9 Å². The number of halogens is 6. The minimum atomic E-state index is -4.67. The predicted octanol–water partition coefficient (Wildman–Crippen LogP) is 13.3. The van der Waals surface area contributed by atoms with E-state index in [1.165, 1.54) is 18.2 Å². The summed E-state index contributed by atoms with van der Waals surface area (Å²) < 4.78 is 86.2. The van der Waals surface area contributed by atoms with E-state index in [2.05, 4.69) is 20.2 Å². The van der Waals surface area contributed by atoms with Crippen molar-refractivity contribution >= 4 is 67.9 Å². The van der Waals surface area contributed by atoms with Crippen molar-refractivity contribution in [1.29, 1.82) is 0 Å². The van der Waals surface area contributed by atoms with Crippen LogP contribution in [0, 0.1) is 0 Å². The maximum atomic E-state index is 13.6. The van der Waals surface area contributed by atoms with Gasteiger partial charge in [0.1, 0.15) is 5.60 Å². The van der Waals surface area contributed by atoms with Crippen LogP contribution in [0.4, 0.5) is 68.9 Å². The van der Waals surface area contributed by atoms with Gasteiger partial charge in [-0.1, -0.05) is 36.4 Å². The number of ether oxygens (including phenoxy) is 1. The van der Waals surface area contributed by atoms with E-state index in [0.717, 1.165) is 57.9 Å². The van der Waals surface area contributed by atoms with Gasteiger partial charge in [0.2, 0.25) is 0 Å². The zero-order chi connectivity index (χ0) is 40.4. The summed E-state index contributed by atoms with van der Waals surface area (Å²) in [6.07, 6.45) is -11.7. The second-order valence-electron chi connectivity index (χ2n) is 12.9. The molecule has 6 rings (SSSR count). The number of carboxylic acid groups (broad SMARTS) is 1. The van der Waals surface area contributed by atoms with Crippen molar-refractivity contribution < 1.29 is 45.8 Å². The number of rotatable bonds is 8. The molecule has 18 heteroatoms. The fraction of sp³-hybridized carbons (Fsp3) is 0.158. The number of nitrogens with zero attached hydrogens (tertiary/aromatic N) is 6. The second-order valence-corrected chi connectivity index (χ2v) is 14.5. The van der Waals surface area contributed by atoms with Crippen LogP contribution in [-0.4, -0.2) is 32.9 Å². The molecule has 0 fully saturated rings. The summed E-state index contributed by atoms with van der Waals surface area (Å²) in [5.74, 6) is 0. The Morgan fingerprint density at radius 2 is 1.07 bits per heavy atom. The van der Waals surface area contributed by atoms with Gasteiger partial charge in [-0.15, -0.1) is 22.7 Å². The van der Waals surface area contributed by atoms with Crippen LogP contribution in [-0.2, 0) is 17.1 Å². The lowest BCUT2D eigenvalue weighted by Crippen LogP contribution is -2.34. The predicted molar refractivity (Wildman–Crippen MR) is 201 cm³/mol. The number of anilines is 4. The first-order valence-electron chi connectivity index (χ1n) is 16.3. The summed E-state index contributed by atoms with van der Waals surface area (Å²) in [5.41, 5.74) is -0.504. The van der Waals surface area contributed by atoms with E-state index in [-0.39, 0.29) is 21.6 Å². The summed E-state index contributed by atoms with van der Waals surface area (Å²) in [7, 11) is 0. The first-order chi connectivity index (χ1) is 26.4. The third-order valence-electron chi connectivity index (χ3n) is 7.56. The Balaban J connectivity index is 1.23. The number of hydrogen-bond donors (Lipinski definition) is 1. The molecule has 2 aromatic heterocycles. The summed E-state index contributed by atoms with van der Waals surface area (Å²) >= 11 is 1.96. The molecule has 0 unspecified atom stereocenters. The molecule has 0 aliphatic rings. The molecule has 10 nitrogen and oxygen atoms in total. The van der Waals surface area contributed by atoms with Crippen molar-refractivity contribution in [3.8, 4) is 22.5 Å². The average molecular weight is 811 g/mol. The molecular weight excluding hydrogens is 783 g/mol. The van der Waals surface area contributed by atoms with Crippen molar-refractivity contribution in [1.82, 2.24) is 9.97 Å². The standard InChI is InChI=1S/C38H28F6N6O4S2/c1-36(2,3)54-35(53)50(29-15-7-11-25(19-29)38(42,43)44)33-46-31(21-56-33)23-9-5-13-27(17-23)48-47-26-12-4-8-22(16-26)30-20-55-32(45-30)49(34(51)52)28-14-6-10-24(18-28)37(39,40)41/h4-21H,1-3H3,(H,51,52). The molecule has 0 saturated carbocycles. The van der Waals surface area contributed by atoms with Crippen LogP contribution in [0.3, 0.4) is 0 Å². The Morgan fingerprint density at radius 3 is 1.50 bits per heavy atom. The number of alkyl halides is 6. The van der Waals surface area contributed by atoms with Crippen LogP contribution in [0.2, 0.25) is 0 Å². The van der Waals surface area contributed by atoms with Gasteiger partial charge in [-0.3, -0.25) is 0 Å². The van der Waals surface area contributed by atoms with Crippen molar-refractivity contribution in [2.24, 2.45) is 10.2 Å². The molecule has 1 N–H and O–H groups in total. The van der Waals surface area contributed by atoms with E-state index in [0.29, 0.717) is 38.8 Å². The number of carbonyl (C=O) groups is 2. The zero-order valence-corrected chi connectivity index (χ0v) is 31.0. The Hall–Kier alpha value is -6.14. The Labute approximate surface area is 323 Å². The number of carbonyl (C=O) groups excluding carboxylic acids is 1. The van der Waals surface area contributed by atoms with Gasteiger partial charge in [0.25, 0.3) is 0 Å². The van der Waals surface area contributed by atoms with Crippen LogP contribution in [0.5, 0.6) is 0 Å². The smallest absolute Gasteiger partial charge is 0.421 e. The average Bonchev–Trinajstić information content (AvgIpc) is 3.81. The third kappa shape index (κ3) is 9.38. The number of amides is 2. The lowest BCUT2D eigenvalue weighted by Gasteiger charge is -2.26. The molecule has 0 saturated heterocycles. The molecule has 0 atom stereocenters. The van der Waals surface area contributed by atoms with Gasteiger partial charge < -0.3 is 9.84 Å². The van der Waals surface area contributed by atoms with E-state index in [1.807, 2.05) is 0 Å². The molecular formula is C38H28F6N6O4S2. The zero-order valence-electron chi connectivity index (χ0n) is 29.3. The Bertz CT molecular complexity index is 2420. The number of benzene rings is 4. The molecule has 0 aliphatic carbocycles. The Kier molecular flexibility index (Phi) is 11.0. The quantitative estimate of drug-likeness (QED) is 0.121. The second kappa shape index (κ2) is 15.5. The summed E-state index contributed by atoms with van der Waals surface area (Å²) in [5, 5.41) is 21.7. The molecule has 6 aromatic rings. The molecule has 0 spiro atoms. The normalized spacial score (nSPS) is 12.2. The van der Waals surface area contributed by atoms with E-state index in [1.54, 1.807) is 80.1 Å². The maximum absolute atomic E-state index is 13.6. The molecule has 2 amide bonds. The minimum absolute atomic E-state index is 0.0649. The molecule has 0 bridgehead atoms. The SMILES string of the molecule is CC(C)(C)OC(=O)N(c1cccc(C(F)(F)F)c1)c1nc(-c2cccc(N=Nc3cccc(-c4csc(N(C(=O)O)c5cccc(C(F)(F)F)c5)n4)c3)c2)cs1. The summed E-state index contributed by atoms with van der Waals surface area (Å²) in [4.78, 5) is 36.0. The highest BCUT2D eigenvalue weighted by Crippen LogP contribution is 2.39. The van der Waals surface area contributed by atoms with Gasteiger partial charge >= 0.3 is 24.5 Å². The highest BCUT2D eigenvalue weighted by molar-refractivity contribution is 7.14. The van der Waals surface area contributed by atoms with Crippen molar-refractivity contribution in [2.45, 2.75) is 38.7 Å². The number of thiazole rings is 2. The van der Waals surface area contributed by atoms with Crippen LogP contribution in [0.25, 0.3) is 22.5 Å². The van der Waals surface area contributed by atoms with E-state index >= 15 is 0 Å². The van der Waals surface area contributed by atoms with Gasteiger partial charge in [0.05, 0.1) is 45.3 Å². The highest BCUT2D eigenvalue weighted by atomic mass is 32.1. The van der Waals surface area contributed by atoms with Crippen LogP contribution in [0.15, 0.2) is 118 Å². The monoisotopic (exact) mass is 810 g/mol.